The fourth-order valence-corrected chi connectivity index (χ4v) is 5.45. The second-order valence-corrected chi connectivity index (χ2v) is 9.84. The zero-order valence-electron chi connectivity index (χ0n) is 16.9. The van der Waals surface area contributed by atoms with Gasteiger partial charge in [0.2, 0.25) is 10.0 Å². The summed E-state index contributed by atoms with van der Waals surface area (Å²) < 4.78 is 40.1. The summed E-state index contributed by atoms with van der Waals surface area (Å²) in [6, 6.07) is 19.5. The van der Waals surface area contributed by atoms with E-state index in [0.29, 0.717) is 16.5 Å². The van der Waals surface area contributed by atoms with Crippen LogP contribution in [0, 0.1) is 0 Å². The Labute approximate surface area is 191 Å². The molecule has 2 N–H and O–H groups in total. The fourth-order valence-electron chi connectivity index (χ4n) is 4.08. The van der Waals surface area contributed by atoms with Crippen molar-refractivity contribution in [2.24, 2.45) is 0 Å². The molecule has 1 saturated heterocycles. The number of aliphatic hydroxyl groups is 1. The Morgan fingerprint density at radius 1 is 0.906 bits per heavy atom. The molecule has 0 saturated carbocycles. The molecular formula is C23H21ClN2O5S. The van der Waals surface area contributed by atoms with Crippen molar-refractivity contribution in [1.82, 2.24) is 4.72 Å². The van der Waals surface area contributed by atoms with E-state index in [0.717, 1.165) is 11.4 Å². The number of sulfonamides is 1. The minimum absolute atomic E-state index is 0.0537. The number of ether oxygens (including phenoxy) is 2. The minimum atomic E-state index is -3.88. The summed E-state index contributed by atoms with van der Waals surface area (Å²) in [4.78, 5) is 2.03. The Balaban J connectivity index is 1.46. The first-order valence-corrected chi connectivity index (χ1v) is 12.0. The van der Waals surface area contributed by atoms with Crippen LogP contribution < -0.4 is 14.4 Å². The molecule has 0 spiro atoms. The van der Waals surface area contributed by atoms with Gasteiger partial charge < -0.3 is 19.5 Å². The number of aliphatic hydroxyl groups excluding tert-OH is 1. The molecule has 0 unspecified atom stereocenters. The molecule has 2 aliphatic rings. The van der Waals surface area contributed by atoms with Gasteiger partial charge >= 0.3 is 0 Å². The highest BCUT2D eigenvalue weighted by molar-refractivity contribution is 7.89. The van der Waals surface area contributed by atoms with E-state index in [9.17, 15) is 13.5 Å². The molecule has 9 heteroatoms. The number of benzene rings is 3. The Morgan fingerprint density at radius 2 is 1.50 bits per heavy atom. The predicted molar refractivity (Wildman–Crippen MR) is 121 cm³/mol. The van der Waals surface area contributed by atoms with Crippen LogP contribution in [0.15, 0.2) is 77.7 Å². The lowest BCUT2D eigenvalue weighted by atomic mass is 9.98. The average Bonchev–Trinajstić information content (AvgIpc) is 2.79. The third kappa shape index (κ3) is 3.85. The van der Waals surface area contributed by atoms with Crippen LogP contribution in [0.5, 0.6) is 11.5 Å². The molecule has 3 atom stereocenters. The van der Waals surface area contributed by atoms with Crippen molar-refractivity contribution in [3.63, 3.8) is 0 Å². The molecule has 2 aliphatic heterocycles. The molecule has 7 nitrogen and oxygen atoms in total. The van der Waals surface area contributed by atoms with Gasteiger partial charge in [-0.1, -0.05) is 35.9 Å². The number of para-hydroxylation sites is 4. The van der Waals surface area contributed by atoms with Crippen LogP contribution in [0.25, 0.3) is 0 Å². The first-order valence-electron chi connectivity index (χ1n) is 10.1. The zero-order valence-corrected chi connectivity index (χ0v) is 18.5. The number of nitrogens with zero attached hydrogens (tertiary/aromatic N) is 1. The second kappa shape index (κ2) is 8.38. The summed E-state index contributed by atoms with van der Waals surface area (Å²) in [5.74, 6) is 1.31. The average molecular weight is 473 g/mol. The van der Waals surface area contributed by atoms with Crippen LogP contribution in [0.4, 0.5) is 11.4 Å². The van der Waals surface area contributed by atoms with E-state index < -0.39 is 28.2 Å². The number of fused-ring (bicyclic) bond motifs is 2. The van der Waals surface area contributed by atoms with Crippen LogP contribution in [0.2, 0.25) is 5.02 Å². The smallest absolute Gasteiger partial charge is 0.240 e. The Morgan fingerprint density at radius 3 is 2.12 bits per heavy atom. The van der Waals surface area contributed by atoms with Crippen molar-refractivity contribution in [2.75, 3.05) is 18.1 Å². The monoisotopic (exact) mass is 472 g/mol. The predicted octanol–water partition coefficient (Wildman–Crippen LogP) is 3.69. The van der Waals surface area contributed by atoms with E-state index in [1.165, 1.54) is 24.3 Å². The van der Waals surface area contributed by atoms with Crippen molar-refractivity contribution >= 4 is 33.0 Å². The molecule has 0 aliphatic carbocycles. The number of rotatable bonds is 4. The molecule has 3 aromatic rings. The van der Waals surface area contributed by atoms with E-state index in [2.05, 4.69) is 4.72 Å². The number of hydrogen-bond acceptors (Lipinski definition) is 6. The van der Waals surface area contributed by atoms with E-state index in [4.69, 9.17) is 21.1 Å². The van der Waals surface area contributed by atoms with E-state index in [1.807, 2.05) is 53.4 Å². The summed E-state index contributed by atoms with van der Waals surface area (Å²) >= 11 is 5.87. The molecule has 0 radical (unpaired) electrons. The van der Waals surface area contributed by atoms with Crippen molar-refractivity contribution in [3.8, 4) is 11.5 Å². The molecule has 0 amide bonds. The van der Waals surface area contributed by atoms with Crippen LogP contribution in [-0.4, -0.2) is 44.9 Å². The standard InChI is InChI=1S/C23H21ClN2O5S/c24-15-9-11-16(12-10-15)32(28,29)25-17-13-30-14-20(23(17)27)26-18-5-1-3-7-21(18)31-22-8-4-2-6-19(22)26/h1-12,17,20,23,25,27H,13-14H2/t17-,20+,23+/m1/s1. The highest BCUT2D eigenvalue weighted by Gasteiger charge is 2.41. The maximum atomic E-state index is 12.9. The maximum absolute atomic E-state index is 12.9. The second-order valence-electron chi connectivity index (χ2n) is 7.68. The molecule has 3 aromatic carbocycles. The molecule has 5 rings (SSSR count). The van der Waals surface area contributed by atoms with Crippen LogP contribution >= 0.6 is 11.6 Å². The van der Waals surface area contributed by atoms with Gasteiger partial charge in [0, 0.05) is 5.02 Å². The summed E-state index contributed by atoms with van der Waals surface area (Å²) in [5.41, 5.74) is 1.56. The molecule has 2 heterocycles. The largest absolute Gasteiger partial charge is 0.453 e. The van der Waals surface area contributed by atoms with E-state index in [-0.39, 0.29) is 18.1 Å². The summed E-state index contributed by atoms with van der Waals surface area (Å²) in [7, 11) is -3.88. The zero-order chi connectivity index (χ0) is 22.3. The highest BCUT2D eigenvalue weighted by Crippen LogP contribution is 2.48. The Hall–Kier alpha value is -2.62. The van der Waals surface area contributed by atoms with Gasteiger partial charge in [0.05, 0.1) is 47.7 Å². The van der Waals surface area contributed by atoms with E-state index in [1.54, 1.807) is 0 Å². The summed E-state index contributed by atoms with van der Waals surface area (Å²) in [6.07, 6.45) is -1.04. The molecule has 1 fully saturated rings. The topological polar surface area (TPSA) is 88.1 Å². The van der Waals surface area contributed by atoms with Crippen molar-refractivity contribution < 1.29 is 23.0 Å². The van der Waals surface area contributed by atoms with Gasteiger partial charge in [0.1, 0.15) is 0 Å². The normalized spacial score (nSPS) is 22.6. The highest BCUT2D eigenvalue weighted by atomic mass is 35.5. The lowest BCUT2D eigenvalue weighted by molar-refractivity contribution is -0.0244. The fraction of sp³-hybridized carbons (Fsp3) is 0.217. The molecule has 166 valence electrons. The first-order chi connectivity index (χ1) is 15.4. The first kappa shape index (κ1) is 21.2. The van der Waals surface area contributed by atoms with Gasteiger partial charge in [-0.2, -0.15) is 0 Å². The quantitative estimate of drug-likeness (QED) is 0.602. The van der Waals surface area contributed by atoms with Gasteiger partial charge in [0.15, 0.2) is 11.5 Å². The SMILES string of the molecule is O=S(=O)(N[C@@H]1COC[C@H](N2c3ccccc3Oc3ccccc32)[C@H]1O)c1ccc(Cl)cc1. The Kier molecular flexibility index (Phi) is 5.56. The number of halogens is 1. The van der Waals surface area contributed by atoms with Gasteiger partial charge in [-0.05, 0) is 48.5 Å². The van der Waals surface area contributed by atoms with Crippen molar-refractivity contribution in [3.05, 3.63) is 77.8 Å². The van der Waals surface area contributed by atoms with Gasteiger partial charge in [-0.25, -0.2) is 13.1 Å². The van der Waals surface area contributed by atoms with Crippen LogP contribution in [0.1, 0.15) is 0 Å². The van der Waals surface area contributed by atoms with Crippen LogP contribution in [-0.2, 0) is 14.8 Å². The lowest BCUT2D eigenvalue weighted by Gasteiger charge is -2.44. The minimum Gasteiger partial charge on any atom is -0.453 e. The van der Waals surface area contributed by atoms with Crippen molar-refractivity contribution in [1.29, 1.82) is 0 Å². The molecular weight excluding hydrogens is 452 g/mol. The van der Waals surface area contributed by atoms with Crippen molar-refractivity contribution in [2.45, 2.75) is 23.1 Å². The third-order valence-electron chi connectivity index (χ3n) is 5.62. The summed E-state index contributed by atoms with van der Waals surface area (Å²) in [6.45, 7) is 0.279. The molecule has 32 heavy (non-hydrogen) atoms. The summed E-state index contributed by atoms with van der Waals surface area (Å²) in [5, 5.41) is 11.7. The van der Waals surface area contributed by atoms with Gasteiger partial charge in [-0.3, -0.25) is 0 Å². The lowest BCUT2D eigenvalue weighted by Crippen LogP contribution is -2.60. The van der Waals surface area contributed by atoms with Gasteiger partial charge in [-0.15, -0.1) is 0 Å². The molecule has 0 bridgehead atoms. The third-order valence-corrected chi connectivity index (χ3v) is 7.38. The number of hydrogen-bond donors (Lipinski definition) is 2. The van der Waals surface area contributed by atoms with Crippen LogP contribution in [0.3, 0.4) is 0 Å². The number of nitrogens with one attached hydrogen (secondary N) is 1. The molecule has 0 aromatic heterocycles. The van der Waals surface area contributed by atoms with E-state index >= 15 is 0 Å². The number of anilines is 2. The Bertz CT molecular complexity index is 1190. The van der Waals surface area contributed by atoms with Gasteiger partial charge in [0.25, 0.3) is 0 Å². The maximum Gasteiger partial charge on any atom is 0.240 e.